The van der Waals surface area contributed by atoms with Gasteiger partial charge in [-0.05, 0) is 0 Å². The maximum atomic E-state index is 10.5. The van der Waals surface area contributed by atoms with Crippen LogP contribution >= 0.6 is 0 Å². The number of cyclic esters (lactones) is 1. The summed E-state index contributed by atoms with van der Waals surface area (Å²) >= 11 is 0. The van der Waals surface area contributed by atoms with E-state index in [2.05, 4.69) is 4.74 Å². The predicted octanol–water partition coefficient (Wildman–Crippen LogP) is 0.0586. The Hall–Kier alpha value is -1.12. The molecule has 0 amide bonds. The Morgan fingerprint density at radius 3 is 2.89 bits per heavy atom. The van der Waals surface area contributed by atoms with E-state index in [-0.39, 0.29) is 5.57 Å². The molecule has 0 spiro atoms. The molecule has 48 valence electrons. The zero-order chi connectivity index (χ0) is 6.69. The number of carbonyl (C=O) groups is 2. The topological polar surface area (TPSA) is 43.4 Å². The Kier molecular flexibility index (Phi) is 1.63. The number of ether oxygens (including phenoxy) is 1. The second kappa shape index (κ2) is 2.44. The standard InChI is InChI=1S/C6H6O3/c7-4-5-2-1-3-9-6(5)8/h2,4H,1,3H2. The van der Waals surface area contributed by atoms with Crippen LogP contribution in [0, 0.1) is 0 Å². The molecule has 0 aromatic carbocycles. The first-order chi connectivity index (χ1) is 4.34. The molecule has 3 heteroatoms. The molecular formula is C6H6O3. The van der Waals surface area contributed by atoms with E-state index in [4.69, 9.17) is 0 Å². The fourth-order valence-electron chi connectivity index (χ4n) is 0.629. The van der Waals surface area contributed by atoms with Crippen LogP contribution in [0.5, 0.6) is 0 Å². The number of carbonyl (C=O) groups excluding carboxylic acids is 2. The van der Waals surface area contributed by atoms with Crippen molar-refractivity contribution in [2.45, 2.75) is 6.42 Å². The highest BCUT2D eigenvalue weighted by Gasteiger charge is 2.12. The molecule has 1 heterocycles. The molecule has 3 nitrogen and oxygen atoms in total. The zero-order valence-corrected chi connectivity index (χ0v) is 4.79. The highest BCUT2D eigenvalue weighted by molar-refractivity contribution is 6.07. The van der Waals surface area contributed by atoms with Crippen LogP contribution in [0.15, 0.2) is 11.6 Å². The van der Waals surface area contributed by atoms with Gasteiger partial charge in [0.2, 0.25) is 0 Å². The minimum Gasteiger partial charge on any atom is -0.462 e. The molecule has 0 aromatic rings. The molecule has 0 aromatic heterocycles. The summed E-state index contributed by atoms with van der Waals surface area (Å²) in [5.74, 6) is -0.503. The SMILES string of the molecule is O=CC1=CCCOC1=O. The van der Waals surface area contributed by atoms with Gasteiger partial charge >= 0.3 is 5.97 Å². The third-order valence-electron chi connectivity index (χ3n) is 1.08. The van der Waals surface area contributed by atoms with Crippen molar-refractivity contribution in [2.75, 3.05) is 6.61 Å². The Morgan fingerprint density at radius 1 is 1.67 bits per heavy atom. The van der Waals surface area contributed by atoms with E-state index in [1.54, 1.807) is 6.08 Å². The Morgan fingerprint density at radius 2 is 2.44 bits per heavy atom. The minimum absolute atomic E-state index is 0.140. The second-order valence-electron chi connectivity index (χ2n) is 1.70. The van der Waals surface area contributed by atoms with Crippen LogP contribution in [0.1, 0.15) is 6.42 Å². The molecule has 0 N–H and O–H groups in total. The van der Waals surface area contributed by atoms with Crippen molar-refractivity contribution in [1.29, 1.82) is 0 Å². The lowest BCUT2D eigenvalue weighted by Gasteiger charge is -2.06. The molecule has 0 bridgehead atoms. The van der Waals surface area contributed by atoms with Crippen molar-refractivity contribution >= 4 is 12.3 Å². The average Bonchev–Trinajstić information content (AvgIpc) is 1.89. The maximum Gasteiger partial charge on any atom is 0.341 e. The summed E-state index contributed by atoms with van der Waals surface area (Å²) in [7, 11) is 0. The molecule has 0 unspecified atom stereocenters. The lowest BCUT2D eigenvalue weighted by molar-refractivity contribution is -0.140. The number of aldehydes is 1. The van der Waals surface area contributed by atoms with Gasteiger partial charge in [0.15, 0.2) is 6.29 Å². The van der Waals surface area contributed by atoms with Gasteiger partial charge in [-0.3, -0.25) is 4.79 Å². The third kappa shape index (κ3) is 1.16. The fraction of sp³-hybridized carbons (Fsp3) is 0.333. The molecule has 0 fully saturated rings. The Bertz CT molecular complexity index is 169. The van der Waals surface area contributed by atoms with Crippen molar-refractivity contribution in [3.8, 4) is 0 Å². The van der Waals surface area contributed by atoms with Gasteiger partial charge in [-0.25, -0.2) is 4.79 Å². The molecule has 1 rings (SSSR count). The van der Waals surface area contributed by atoms with Crippen molar-refractivity contribution in [3.05, 3.63) is 11.6 Å². The first-order valence-corrected chi connectivity index (χ1v) is 2.67. The van der Waals surface area contributed by atoms with Crippen LogP contribution in [0.4, 0.5) is 0 Å². The molecule has 0 saturated heterocycles. The van der Waals surface area contributed by atoms with Gasteiger partial charge in [-0.2, -0.15) is 0 Å². The number of hydrogen-bond acceptors (Lipinski definition) is 3. The van der Waals surface area contributed by atoms with Gasteiger partial charge in [-0.15, -0.1) is 0 Å². The summed E-state index contributed by atoms with van der Waals surface area (Å²) in [6, 6.07) is 0. The van der Waals surface area contributed by atoms with Crippen LogP contribution < -0.4 is 0 Å². The highest BCUT2D eigenvalue weighted by atomic mass is 16.5. The molecule has 0 radical (unpaired) electrons. The lowest BCUT2D eigenvalue weighted by atomic mass is 10.2. The summed E-state index contributed by atoms with van der Waals surface area (Å²) in [5, 5.41) is 0. The van der Waals surface area contributed by atoms with Gasteiger partial charge in [0.05, 0.1) is 12.2 Å². The van der Waals surface area contributed by atoms with Gasteiger partial charge in [0, 0.05) is 6.42 Å². The first-order valence-electron chi connectivity index (χ1n) is 2.67. The molecular weight excluding hydrogens is 120 g/mol. The van der Waals surface area contributed by atoms with Crippen molar-refractivity contribution in [1.82, 2.24) is 0 Å². The van der Waals surface area contributed by atoms with Crippen molar-refractivity contribution < 1.29 is 14.3 Å². The van der Waals surface area contributed by atoms with Crippen LogP contribution in [-0.2, 0) is 14.3 Å². The molecule has 1 aliphatic heterocycles. The van der Waals surface area contributed by atoms with E-state index in [9.17, 15) is 9.59 Å². The van der Waals surface area contributed by atoms with Crippen LogP contribution in [-0.4, -0.2) is 18.9 Å². The van der Waals surface area contributed by atoms with Crippen LogP contribution in [0.3, 0.4) is 0 Å². The van der Waals surface area contributed by atoms with Crippen molar-refractivity contribution in [2.24, 2.45) is 0 Å². The number of hydrogen-bond donors (Lipinski definition) is 0. The predicted molar refractivity (Wildman–Crippen MR) is 29.7 cm³/mol. The molecule has 0 aliphatic carbocycles. The zero-order valence-electron chi connectivity index (χ0n) is 4.79. The summed E-state index contributed by atoms with van der Waals surface area (Å²) in [6.07, 6.45) is 2.75. The third-order valence-corrected chi connectivity index (χ3v) is 1.08. The summed E-state index contributed by atoms with van der Waals surface area (Å²) in [4.78, 5) is 20.5. The van der Waals surface area contributed by atoms with E-state index >= 15 is 0 Å². The number of esters is 1. The van der Waals surface area contributed by atoms with Crippen LogP contribution in [0.25, 0.3) is 0 Å². The lowest BCUT2D eigenvalue weighted by Crippen LogP contribution is -2.14. The average molecular weight is 126 g/mol. The number of rotatable bonds is 1. The Labute approximate surface area is 52.3 Å². The quantitative estimate of drug-likeness (QED) is 0.283. The normalized spacial score (nSPS) is 18.2. The maximum absolute atomic E-state index is 10.5. The van der Waals surface area contributed by atoms with E-state index in [1.165, 1.54) is 0 Å². The second-order valence-corrected chi connectivity index (χ2v) is 1.70. The fourth-order valence-corrected chi connectivity index (χ4v) is 0.629. The van der Waals surface area contributed by atoms with Gasteiger partial charge in [0.1, 0.15) is 0 Å². The van der Waals surface area contributed by atoms with Crippen LogP contribution in [0.2, 0.25) is 0 Å². The van der Waals surface area contributed by atoms with Gasteiger partial charge in [-0.1, -0.05) is 6.08 Å². The molecule has 1 aliphatic rings. The summed E-state index contributed by atoms with van der Waals surface area (Å²) in [5.41, 5.74) is 0.140. The summed E-state index contributed by atoms with van der Waals surface area (Å²) < 4.78 is 4.54. The molecule has 0 atom stereocenters. The smallest absolute Gasteiger partial charge is 0.341 e. The Balaban J connectivity index is 2.75. The minimum atomic E-state index is -0.503. The first kappa shape index (κ1) is 6.01. The van der Waals surface area contributed by atoms with E-state index in [1.807, 2.05) is 0 Å². The summed E-state index contributed by atoms with van der Waals surface area (Å²) in [6.45, 7) is 0.399. The largest absolute Gasteiger partial charge is 0.462 e. The van der Waals surface area contributed by atoms with Gasteiger partial charge in [0.25, 0.3) is 0 Å². The van der Waals surface area contributed by atoms with Crippen molar-refractivity contribution in [3.63, 3.8) is 0 Å². The molecule has 0 saturated carbocycles. The molecule has 9 heavy (non-hydrogen) atoms. The van der Waals surface area contributed by atoms with E-state index < -0.39 is 5.97 Å². The van der Waals surface area contributed by atoms with E-state index in [0.29, 0.717) is 19.3 Å². The highest BCUT2D eigenvalue weighted by Crippen LogP contribution is 2.03. The monoisotopic (exact) mass is 126 g/mol. The van der Waals surface area contributed by atoms with Gasteiger partial charge < -0.3 is 4.74 Å². The van der Waals surface area contributed by atoms with E-state index in [0.717, 1.165) is 0 Å².